The Kier molecular flexibility index (Phi) is 7.61. The zero-order valence-corrected chi connectivity index (χ0v) is 13.9. The predicted molar refractivity (Wildman–Crippen MR) is 86.8 cm³/mol. The van der Waals surface area contributed by atoms with Crippen LogP contribution in [0.5, 0.6) is 11.5 Å². The molecule has 0 spiro atoms. The number of benzene rings is 1. The van der Waals surface area contributed by atoms with Gasteiger partial charge in [-0.25, -0.2) is 0 Å². The van der Waals surface area contributed by atoms with Crippen molar-refractivity contribution in [3.63, 3.8) is 0 Å². The van der Waals surface area contributed by atoms with E-state index in [1.54, 1.807) is 0 Å². The molecular formula is C17H27NO5. The maximum absolute atomic E-state index is 9.86. The van der Waals surface area contributed by atoms with Crippen molar-refractivity contribution >= 4 is 0 Å². The Hall–Kier alpha value is -1.34. The molecule has 2 rings (SSSR count). The molecule has 0 fully saturated rings. The Morgan fingerprint density at radius 1 is 1.26 bits per heavy atom. The maximum atomic E-state index is 9.86. The fourth-order valence-corrected chi connectivity index (χ4v) is 2.19. The van der Waals surface area contributed by atoms with Crippen molar-refractivity contribution in [2.75, 3.05) is 33.1 Å². The molecule has 6 nitrogen and oxygen atoms in total. The van der Waals surface area contributed by atoms with Crippen molar-refractivity contribution in [3.8, 4) is 11.5 Å². The molecule has 1 aromatic rings. The van der Waals surface area contributed by atoms with E-state index < -0.39 is 6.10 Å². The van der Waals surface area contributed by atoms with Gasteiger partial charge in [-0.2, -0.15) is 0 Å². The number of fused-ring (bicyclic) bond motifs is 1. The number of aliphatic hydroxyl groups is 1. The highest BCUT2D eigenvalue weighted by molar-refractivity contribution is 5.44. The minimum atomic E-state index is -0.518. The SMILES string of the molecule is CC(C)OCCCNC[C@H](O)COCc1ccc2c(c1)OCO2. The highest BCUT2D eigenvalue weighted by atomic mass is 16.7. The van der Waals surface area contributed by atoms with E-state index in [9.17, 15) is 5.11 Å². The number of nitrogens with one attached hydrogen (secondary N) is 1. The number of ether oxygens (including phenoxy) is 4. The van der Waals surface area contributed by atoms with Crippen LogP contribution in [0, 0.1) is 0 Å². The molecule has 0 saturated carbocycles. The highest BCUT2D eigenvalue weighted by Gasteiger charge is 2.13. The Morgan fingerprint density at radius 2 is 2.09 bits per heavy atom. The van der Waals surface area contributed by atoms with Crippen LogP contribution in [0.2, 0.25) is 0 Å². The van der Waals surface area contributed by atoms with Crippen molar-refractivity contribution in [3.05, 3.63) is 23.8 Å². The number of rotatable bonds is 11. The molecule has 6 heteroatoms. The van der Waals surface area contributed by atoms with Gasteiger partial charge in [-0.05, 0) is 44.5 Å². The van der Waals surface area contributed by atoms with Gasteiger partial charge in [0, 0.05) is 13.2 Å². The van der Waals surface area contributed by atoms with Crippen molar-refractivity contribution < 1.29 is 24.1 Å². The van der Waals surface area contributed by atoms with Crippen LogP contribution < -0.4 is 14.8 Å². The van der Waals surface area contributed by atoms with Gasteiger partial charge in [0.2, 0.25) is 6.79 Å². The predicted octanol–water partition coefficient (Wildman–Crippen LogP) is 1.70. The summed E-state index contributed by atoms with van der Waals surface area (Å²) in [6, 6.07) is 5.72. The quantitative estimate of drug-likeness (QED) is 0.604. The van der Waals surface area contributed by atoms with Crippen LogP contribution in [0.4, 0.5) is 0 Å². The van der Waals surface area contributed by atoms with Crippen LogP contribution in [0.1, 0.15) is 25.8 Å². The molecule has 130 valence electrons. The summed E-state index contributed by atoms with van der Waals surface area (Å²) in [6.07, 6.45) is 0.684. The lowest BCUT2D eigenvalue weighted by molar-refractivity contribution is 0.0282. The first-order valence-electron chi connectivity index (χ1n) is 8.12. The second-order valence-corrected chi connectivity index (χ2v) is 5.83. The molecule has 2 N–H and O–H groups in total. The Bertz CT molecular complexity index is 466. The summed E-state index contributed by atoms with van der Waals surface area (Å²) in [5.41, 5.74) is 1.00. The van der Waals surface area contributed by atoms with E-state index >= 15 is 0 Å². The third-order valence-corrected chi connectivity index (χ3v) is 3.34. The Balaban J connectivity index is 1.52. The van der Waals surface area contributed by atoms with Crippen LogP contribution in [0.3, 0.4) is 0 Å². The third-order valence-electron chi connectivity index (χ3n) is 3.34. The summed E-state index contributed by atoms with van der Waals surface area (Å²) in [5, 5.41) is 13.1. The lowest BCUT2D eigenvalue weighted by Gasteiger charge is -2.13. The van der Waals surface area contributed by atoms with Crippen molar-refractivity contribution in [1.82, 2.24) is 5.32 Å². The van der Waals surface area contributed by atoms with E-state index in [0.717, 1.165) is 36.6 Å². The van der Waals surface area contributed by atoms with Gasteiger partial charge >= 0.3 is 0 Å². The molecule has 23 heavy (non-hydrogen) atoms. The lowest BCUT2D eigenvalue weighted by atomic mass is 10.2. The highest BCUT2D eigenvalue weighted by Crippen LogP contribution is 2.32. The van der Waals surface area contributed by atoms with Gasteiger partial charge in [-0.3, -0.25) is 0 Å². The molecule has 0 saturated heterocycles. The largest absolute Gasteiger partial charge is 0.454 e. The zero-order chi connectivity index (χ0) is 16.5. The first-order valence-corrected chi connectivity index (χ1v) is 8.12. The van der Waals surface area contributed by atoms with Gasteiger partial charge in [-0.1, -0.05) is 6.07 Å². The number of hydrogen-bond donors (Lipinski definition) is 2. The number of hydrogen-bond acceptors (Lipinski definition) is 6. The van der Waals surface area contributed by atoms with E-state index in [2.05, 4.69) is 5.32 Å². The van der Waals surface area contributed by atoms with Crippen molar-refractivity contribution in [1.29, 1.82) is 0 Å². The maximum Gasteiger partial charge on any atom is 0.231 e. The fraction of sp³-hybridized carbons (Fsp3) is 0.647. The fourth-order valence-electron chi connectivity index (χ4n) is 2.19. The monoisotopic (exact) mass is 325 g/mol. The molecule has 0 amide bonds. The van der Waals surface area contributed by atoms with Crippen molar-refractivity contribution in [2.45, 2.75) is 39.1 Å². The zero-order valence-electron chi connectivity index (χ0n) is 13.9. The average Bonchev–Trinajstić information content (AvgIpc) is 2.98. The normalized spacial score (nSPS) is 14.4. The summed E-state index contributed by atoms with van der Waals surface area (Å²) in [6.45, 7) is 7.13. The van der Waals surface area contributed by atoms with Crippen LogP contribution in [0.15, 0.2) is 18.2 Å². The minimum Gasteiger partial charge on any atom is -0.454 e. The van der Waals surface area contributed by atoms with E-state index in [1.165, 1.54) is 0 Å². The van der Waals surface area contributed by atoms with Crippen LogP contribution in [0.25, 0.3) is 0 Å². The second kappa shape index (κ2) is 9.72. The second-order valence-electron chi connectivity index (χ2n) is 5.83. The molecule has 1 heterocycles. The summed E-state index contributed by atoms with van der Waals surface area (Å²) < 4.78 is 21.6. The molecule has 0 unspecified atom stereocenters. The van der Waals surface area contributed by atoms with Gasteiger partial charge in [0.25, 0.3) is 0 Å². The first-order chi connectivity index (χ1) is 11.1. The molecule has 1 aromatic carbocycles. The molecular weight excluding hydrogens is 298 g/mol. The van der Waals surface area contributed by atoms with E-state index in [-0.39, 0.29) is 12.9 Å². The smallest absolute Gasteiger partial charge is 0.231 e. The van der Waals surface area contributed by atoms with E-state index in [4.69, 9.17) is 18.9 Å². The lowest BCUT2D eigenvalue weighted by Crippen LogP contribution is -2.31. The summed E-state index contributed by atoms with van der Waals surface area (Å²) in [5.74, 6) is 1.51. The topological polar surface area (TPSA) is 69.2 Å². The molecule has 1 aliphatic rings. The molecule has 1 atom stereocenters. The molecule has 0 aromatic heterocycles. The van der Waals surface area contributed by atoms with Gasteiger partial charge in [0.05, 0.1) is 25.4 Å². The van der Waals surface area contributed by atoms with Gasteiger partial charge in [-0.15, -0.1) is 0 Å². The van der Waals surface area contributed by atoms with Gasteiger partial charge < -0.3 is 29.4 Å². The Morgan fingerprint density at radius 3 is 2.91 bits per heavy atom. The standard InChI is InChI=1S/C17H27NO5/c1-13(2)21-7-3-6-18-9-15(19)11-20-10-14-4-5-16-17(8-14)23-12-22-16/h4-5,8,13,15,18-19H,3,6-7,9-12H2,1-2H3/t15-/m0/s1. The average molecular weight is 325 g/mol. The minimum absolute atomic E-state index is 0.269. The molecule has 1 aliphatic heterocycles. The van der Waals surface area contributed by atoms with Crippen LogP contribution in [-0.2, 0) is 16.1 Å². The Labute approximate surface area is 137 Å². The van der Waals surface area contributed by atoms with Gasteiger partial charge in [0.1, 0.15) is 0 Å². The molecule has 0 aliphatic carbocycles. The summed E-state index contributed by atoms with van der Waals surface area (Å²) >= 11 is 0. The van der Waals surface area contributed by atoms with Crippen molar-refractivity contribution in [2.24, 2.45) is 0 Å². The van der Waals surface area contributed by atoms with E-state index in [1.807, 2.05) is 32.0 Å². The van der Waals surface area contributed by atoms with Gasteiger partial charge in [0.15, 0.2) is 11.5 Å². The summed E-state index contributed by atoms with van der Waals surface area (Å²) in [7, 11) is 0. The van der Waals surface area contributed by atoms with Crippen LogP contribution >= 0.6 is 0 Å². The molecule has 0 radical (unpaired) electrons. The van der Waals surface area contributed by atoms with Crippen LogP contribution in [-0.4, -0.2) is 50.4 Å². The van der Waals surface area contributed by atoms with E-state index in [0.29, 0.717) is 19.8 Å². The number of aliphatic hydroxyl groups excluding tert-OH is 1. The summed E-state index contributed by atoms with van der Waals surface area (Å²) in [4.78, 5) is 0. The third kappa shape index (κ3) is 6.74. The molecule has 0 bridgehead atoms. The first kappa shape index (κ1) is 18.0.